The highest BCUT2D eigenvalue weighted by Crippen LogP contribution is 2.15. The normalized spacial score (nSPS) is 11.9. The van der Waals surface area contributed by atoms with E-state index in [1.165, 1.54) is 0 Å². The van der Waals surface area contributed by atoms with E-state index < -0.39 is 9.84 Å². The molecule has 1 heterocycles. The second-order valence-corrected chi connectivity index (χ2v) is 5.37. The van der Waals surface area contributed by atoms with E-state index >= 15 is 0 Å². The first-order valence-corrected chi connectivity index (χ1v) is 6.10. The third-order valence-corrected chi connectivity index (χ3v) is 3.56. The number of aromatic nitrogens is 1. The lowest BCUT2D eigenvalue weighted by molar-refractivity contribution is 0.392. The van der Waals surface area contributed by atoms with Crippen LogP contribution in [0.15, 0.2) is 4.52 Å². The summed E-state index contributed by atoms with van der Waals surface area (Å²) in [5.74, 6) is 0.519. The minimum absolute atomic E-state index is 0.00292. The maximum atomic E-state index is 11.5. The van der Waals surface area contributed by atoms with Gasteiger partial charge in [0.25, 0.3) is 0 Å². The molecule has 14 heavy (non-hydrogen) atoms. The molecule has 0 saturated carbocycles. The van der Waals surface area contributed by atoms with Crippen LogP contribution in [0.3, 0.4) is 0 Å². The zero-order valence-electron chi connectivity index (χ0n) is 8.28. The number of hydrogen-bond donors (Lipinski definition) is 1. The number of rotatable bonds is 4. The van der Waals surface area contributed by atoms with Gasteiger partial charge in [0.2, 0.25) is 0 Å². The first-order chi connectivity index (χ1) is 6.46. The highest BCUT2D eigenvalue weighted by Gasteiger charge is 2.17. The molecule has 0 aliphatic rings. The summed E-state index contributed by atoms with van der Waals surface area (Å²) in [5.41, 5.74) is 6.48. The molecule has 0 atom stereocenters. The van der Waals surface area contributed by atoms with Crippen molar-refractivity contribution in [3.05, 3.63) is 17.0 Å². The van der Waals surface area contributed by atoms with Gasteiger partial charge in [-0.05, 0) is 13.8 Å². The van der Waals surface area contributed by atoms with E-state index in [9.17, 15) is 8.42 Å². The lowest BCUT2D eigenvalue weighted by Gasteiger charge is -2.01. The molecule has 0 unspecified atom stereocenters. The standard InChI is InChI=1S/C8H14N2O3S/c1-6-8(7(2)13-10-6)5-14(11,12)4-3-9/h3-5,9H2,1-2H3. The van der Waals surface area contributed by atoms with Crippen LogP contribution in [0, 0.1) is 13.8 Å². The SMILES string of the molecule is Cc1noc(C)c1CS(=O)(=O)CCN. The molecule has 0 radical (unpaired) electrons. The van der Waals surface area contributed by atoms with Crippen LogP contribution < -0.4 is 5.73 Å². The number of nitrogens with two attached hydrogens (primary N) is 1. The van der Waals surface area contributed by atoms with Crippen molar-refractivity contribution < 1.29 is 12.9 Å². The van der Waals surface area contributed by atoms with Crippen LogP contribution in [0.5, 0.6) is 0 Å². The van der Waals surface area contributed by atoms with Gasteiger partial charge in [0.1, 0.15) is 5.76 Å². The molecule has 0 saturated heterocycles. The van der Waals surface area contributed by atoms with Gasteiger partial charge in [0.15, 0.2) is 9.84 Å². The predicted octanol–water partition coefficient (Wildman–Crippen LogP) is 0.165. The van der Waals surface area contributed by atoms with Crippen molar-refractivity contribution >= 4 is 9.84 Å². The Morgan fingerprint density at radius 2 is 2.07 bits per heavy atom. The van der Waals surface area contributed by atoms with E-state index in [2.05, 4.69) is 5.16 Å². The Morgan fingerprint density at radius 3 is 2.50 bits per heavy atom. The molecular formula is C8H14N2O3S. The smallest absolute Gasteiger partial charge is 0.155 e. The monoisotopic (exact) mass is 218 g/mol. The number of aryl methyl sites for hydroxylation is 2. The van der Waals surface area contributed by atoms with Crippen LogP contribution in [0.4, 0.5) is 0 Å². The quantitative estimate of drug-likeness (QED) is 0.778. The minimum atomic E-state index is -3.12. The molecule has 0 bridgehead atoms. The van der Waals surface area contributed by atoms with Gasteiger partial charge in [0, 0.05) is 12.1 Å². The molecule has 0 aromatic carbocycles. The second kappa shape index (κ2) is 4.10. The van der Waals surface area contributed by atoms with E-state index in [1.807, 2.05) is 0 Å². The third kappa shape index (κ3) is 2.55. The maximum Gasteiger partial charge on any atom is 0.155 e. The van der Waals surface area contributed by atoms with Crippen LogP contribution in [0.2, 0.25) is 0 Å². The van der Waals surface area contributed by atoms with Gasteiger partial charge < -0.3 is 10.3 Å². The molecule has 0 amide bonds. The average Bonchev–Trinajstić information content (AvgIpc) is 2.35. The second-order valence-electron chi connectivity index (χ2n) is 3.18. The number of nitrogens with zero attached hydrogens (tertiary/aromatic N) is 1. The van der Waals surface area contributed by atoms with Crippen LogP contribution in [0.25, 0.3) is 0 Å². The van der Waals surface area contributed by atoms with E-state index in [4.69, 9.17) is 10.3 Å². The molecule has 0 aliphatic carbocycles. The third-order valence-electron chi connectivity index (χ3n) is 1.97. The van der Waals surface area contributed by atoms with Crippen LogP contribution >= 0.6 is 0 Å². The average molecular weight is 218 g/mol. The summed E-state index contributed by atoms with van der Waals surface area (Å²) in [6.07, 6.45) is 0. The summed E-state index contributed by atoms with van der Waals surface area (Å²) < 4.78 is 27.8. The summed E-state index contributed by atoms with van der Waals surface area (Å²) in [4.78, 5) is 0. The molecule has 5 nitrogen and oxygen atoms in total. The fraction of sp³-hybridized carbons (Fsp3) is 0.625. The Balaban J connectivity index is 2.89. The predicted molar refractivity (Wildman–Crippen MR) is 52.5 cm³/mol. The van der Waals surface area contributed by atoms with E-state index in [0.29, 0.717) is 17.0 Å². The first kappa shape index (κ1) is 11.2. The zero-order valence-corrected chi connectivity index (χ0v) is 9.10. The molecule has 0 spiro atoms. The molecule has 0 fully saturated rings. The molecular weight excluding hydrogens is 204 g/mol. The topological polar surface area (TPSA) is 86.2 Å². The highest BCUT2D eigenvalue weighted by molar-refractivity contribution is 7.90. The Labute approximate surface area is 83.2 Å². The summed E-state index contributed by atoms with van der Waals surface area (Å²) >= 11 is 0. The van der Waals surface area contributed by atoms with Crippen LogP contribution in [-0.2, 0) is 15.6 Å². The van der Waals surface area contributed by atoms with Gasteiger partial charge in [-0.15, -0.1) is 0 Å². The van der Waals surface area contributed by atoms with Gasteiger partial charge in [0.05, 0.1) is 17.2 Å². The van der Waals surface area contributed by atoms with Crippen molar-refractivity contribution in [3.8, 4) is 0 Å². The van der Waals surface area contributed by atoms with Gasteiger partial charge in [-0.25, -0.2) is 8.42 Å². The van der Waals surface area contributed by atoms with Crippen LogP contribution in [-0.4, -0.2) is 25.9 Å². The van der Waals surface area contributed by atoms with Gasteiger partial charge in [-0.3, -0.25) is 0 Å². The maximum absolute atomic E-state index is 11.5. The molecule has 2 N–H and O–H groups in total. The Hall–Kier alpha value is -0.880. The Kier molecular flexibility index (Phi) is 3.28. The van der Waals surface area contributed by atoms with E-state index in [1.54, 1.807) is 13.8 Å². The fourth-order valence-electron chi connectivity index (χ4n) is 1.18. The summed E-state index contributed by atoms with van der Waals surface area (Å²) in [6, 6.07) is 0. The van der Waals surface area contributed by atoms with Crippen LogP contribution in [0.1, 0.15) is 17.0 Å². The molecule has 1 rings (SSSR count). The highest BCUT2D eigenvalue weighted by atomic mass is 32.2. The van der Waals surface area contributed by atoms with Crippen molar-refractivity contribution in [2.75, 3.05) is 12.3 Å². The lowest BCUT2D eigenvalue weighted by Crippen LogP contribution is -2.17. The number of hydrogen-bond acceptors (Lipinski definition) is 5. The summed E-state index contributed by atoms with van der Waals surface area (Å²) in [7, 11) is -3.12. The molecule has 6 heteroatoms. The lowest BCUT2D eigenvalue weighted by atomic mass is 10.2. The zero-order chi connectivity index (χ0) is 10.8. The number of sulfone groups is 1. The Morgan fingerprint density at radius 1 is 1.43 bits per heavy atom. The van der Waals surface area contributed by atoms with Crippen molar-refractivity contribution in [3.63, 3.8) is 0 Å². The first-order valence-electron chi connectivity index (χ1n) is 4.28. The summed E-state index contributed by atoms with van der Waals surface area (Å²) in [6.45, 7) is 3.57. The fourth-order valence-corrected chi connectivity index (χ4v) is 2.54. The van der Waals surface area contributed by atoms with Crippen molar-refractivity contribution in [1.82, 2.24) is 5.16 Å². The van der Waals surface area contributed by atoms with Crippen molar-refractivity contribution in [2.24, 2.45) is 5.73 Å². The van der Waals surface area contributed by atoms with Crippen molar-refractivity contribution in [2.45, 2.75) is 19.6 Å². The molecule has 1 aromatic heterocycles. The van der Waals surface area contributed by atoms with E-state index in [0.717, 1.165) is 0 Å². The molecule has 80 valence electrons. The molecule has 1 aromatic rings. The van der Waals surface area contributed by atoms with Gasteiger partial charge in [-0.1, -0.05) is 5.16 Å². The van der Waals surface area contributed by atoms with Gasteiger partial charge in [-0.2, -0.15) is 0 Å². The van der Waals surface area contributed by atoms with E-state index in [-0.39, 0.29) is 18.1 Å². The Bertz CT molecular complexity index is 389. The summed E-state index contributed by atoms with van der Waals surface area (Å²) in [5, 5.41) is 3.69. The molecule has 0 aliphatic heterocycles. The largest absolute Gasteiger partial charge is 0.361 e. The minimum Gasteiger partial charge on any atom is -0.361 e. The van der Waals surface area contributed by atoms with Gasteiger partial charge >= 0.3 is 0 Å². The van der Waals surface area contributed by atoms with Crippen molar-refractivity contribution in [1.29, 1.82) is 0 Å².